The normalized spacial score (nSPS) is 12.2. The molecule has 2 rings (SSSR count). The quantitative estimate of drug-likeness (QED) is 0.778. The van der Waals surface area contributed by atoms with E-state index in [1.54, 1.807) is 15.6 Å². The molecule has 0 aliphatic heterocycles. The second-order valence-electron chi connectivity index (χ2n) is 4.11. The molecule has 0 saturated heterocycles. The van der Waals surface area contributed by atoms with Gasteiger partial charge >= 0.3 is 0 Å². The van der Waals surface area contributed by atoms with E-state index in [1.165, 1.54) is 30.8 Å². The minimum absolute atomic E-state index is 0.190. The first kappa shape index (κ1) is 12.8. The molecule has 0 unspecified atom stereocenters. The Kier molecular flexibility index (Phi) is 3.22. The van der Waals surface area contributed by atoms with E-state index in [-0.39, 0.29) is 4.90 Å². The summed E-state index contributed by atoms with van der Waals surface area (Å²) in [5.74, 6) is 0. The Morgan fingerprint density at radius 1 is 1.33 bits per heavy atom. The summed E-state index contributed by atoms with van der Waals surface area (Å²) in [6.07, 6.45) is 4.56. The van der Waals surface area contributed by atoms with Crippen molar-refractivity contribution in [1.29, 1.82) is 0 Å². The fourth-order valence-corrected chi connectivity index (χ4v) is 2.35. The van der Waals surface area contributed by atoms with Crippen molar-refractivity contribution >= 4 is 10.0 Å². The molecule has 0 fully saturated rings. The van der Waals surface area contributed by atoms with E-state index in [0.717, 1.165) is 5.69 Å². The predicted octanol–water partition coefficient (Wildman–Crippen LogP) is -0.0848. The molecule has 7 nitrogen and oxygen atoms in total. The number of nitrogens with zero attached hydrogens (tertiary/aromatic N) is 5. The molecule has 2 aromatic rings. The van der Waals surface area contributed by atoms with Gasteiger partial charge in [0.05, 0.1) is 18.4 Å². The van der Waals surface area contributed by atoms with Gasteiger partial charge < -0.3 is 0 Å². The van der Waals surface area contributed by atoms with E-state index >= 15 is 0 Å². The van der Waals surface area contributed by atoms with Gasteiger partial charge in [-0.1, -0.05) is 0 Å². The van der Waals surface area contributed by atoms with Crippen LogP contribution in [0.5, 0.6) is 0 Å². The third-order valence-electron chi connectivity index (χ3n) is 2.63. The fourth-order valence-electron chi connectivity index (χ4n) is 1.50. The highest BCUT2D eigenvalue weighted by atomic mass is 32.2. The van der Waals surface area contributed by atoms with Crippen LogP contribution in [0.4, 0.5) is 0 Å². The molecule has 98 valence electrons. The van der Waals surface area contributed by atoms with Crippen LogP contribution in [-0.4, -0.2) is 46.4 Å². The average molecular weight is 269 g/mol. The molecule has 0 bridgehead atoms. The Morgan fingerprint density at radius 3 is 2.61 bits per heavy atom. The molecule has 0 aliphatic rings. The molecule has 0 radical (unpaired) electrons. The molecule has 8 heteroatoms. The van der Waals surface area contributed by atoms with Crippen molar-refractivity contribution in [3.05, 3.63) is 30.4 Å². The Balaban J connectivity index is 2.25. The third kappa shape index (κ3) is 2.29. The Hall–Kier alpha value is -1.67. The van der Waals surface area contributed by atoms with Gasteiger partial charge in [0.15, 0.2) is 0 Å². The highest BCUT2D eigenvalue weighted by molar-refractivity contribution is 7.89. The zero-order valence-electron chi connectivity index (χ0n) is 10.5. The lowest BCUT2D eigenvalue weighted by Gasteiger charge is -2.08. The van der Waals surface area contributed by atoms with Crippen molar-refractivity contribution in [2.24, 2.45) is 7.05 Å². The van der Waals surface area contributed by atoms with E-state index < -0.39 is 10.0 Å². The lowest BCUT2D eigenvalue weighted by molar-refractivity contribution is 0.520. The smallest absolute Gasteiger partial charge is 0.245 e. The maximum Gasteiger partial charge on any atom is 0.245 e. The van der Waals surface area contributed by atoms with Gasteiger partial charge in [0.1, 0.15) is 4.90 Å². The van der Waals surface area contributed by atoms with Crippen molar-refractivity contribution in [3.63, 3.8) is 0 Å². The number of aromatic nitrogens is 4. The largest absolute Gasteiger partial charge is 0.271 e. The summed E-state index contributed by atoms with van der Waals surface area (Å²) in [4.78, 5) is 0.190. The van der Waals surface area contributed by atoms with Crippen molar-refractivity contribution in [2.45, 2.75) is 11.4 Å². The molecule has 2 aromatic heterocycles. The van der Waals surface area contributed by atoms with Crippen LogP contribution < -0.4 is 0 Å². The van der Waals surface area contributed by atoms with E-state index in [4.69, 9.17) is 0 Å². The van der Waals surface area contributed by atoms with E-state index in [0.29, 0.717) is 6.54 Å². The molecular formula is C10H15N5O2S. The summed E-state index contributed by atoms with van der Waals surface area (Å²) < 4.78 is 28.2. The maximum absolute atomic E-state index is 11.9. The van der Waals surface area contributed by atoms with Gasteiger partial charge in [0.25, 0.3) is 0 Å². The number of hydrogen-bond donors (Lipinski definition) is 0. The standard InChI is InChI=1S/C10H15N5O2S/c1-13(2)18(16,17)10-6-12-15(8-10)7-9-4-5-11-14(9)3/h4-6,8H,7H2,1-3H3. The van der Waals surface area contributed by atoms with Crippen LogP contribution in [0.15, 0.2) is 29.6 Å². The second-order valence-corrected chi connectivity index (χ2v) is 6.26. The predicted molar refractivity (Wildman–Crippen MR) is 65.4 cm³/mol. The van der Waals surface area contributed by atoms with Crippen LogP contribution >= 0.6 is 0 Å². The zero-order valence-corrected chi connectivity index (χ0v) is 11.3. The average Bonchev–Trinajstić information content (AvgIpc) is 2.90. The van der Waals surface area contributed by atoms with Gasteiger partial charge in [-0.2, -0.15) is 10.2 Å². The van der Waals surface area contributed by atoms with Gasteiger partial charge in [-0.05, 0) is 6.07 Å². The molecular weight excluding hydrogens is 254 g/mol. The van der Waals surface area contributed by atoms with Crippen LogP contribution in [0.2, 0.25) is 0 Å². The Bertz CT molecular complexity index is 641. The van der Waals surface area contributed by atoms with Crippen LogP contribution in [0.1, 0.15) is 5.69 Å². The van der Waals surface area contributed by atoms with Crippen LogP contribution in [0, 0.1) is 0 Å². The van der Waals surface area contributed by atoms with Crippen molar-refractivity contribution in [1.82, 2.24) is 23.9 Å². The lowest BCUT2D eigenvalue weighted by Crippen LogP contribution is -2.21. The van der Waals surface area contributed by atoms with Crippen molar-refractivity contribution in [3.8, 4) is 0 Å². The molecule has 0 saturated carbocycles. The highest BCUT2D eigenvalue weighted by Crippen LogP contribution is 2.12. The lowest BCUT2D eigenvalue weighted by atomic mass is 10.4. The van der Waals surface area contributed by atoms with Crippen LogP contribution in [-0.2, 0) is 23.6 Å². The van der Waals surface area contributed by atoms with E-state index in [2.05, 4.69) is 10.2 Å². The molecule has 2 heterocycles. The summed E-state index contributed by atoms with van der Waals surface area (Å²) in [5.41, 5.74) is 0.951. The second kappa shape index (κ2) is 4.54. The zero-order chi connectivity index (χ0) is 13.3. The minimum atomic E-state index is -3.42. The topological polar surface area (TPSA) is 73.0 Å². The summed E-state index contributed by atoms with van der Waals surface area (Å²) >= 11 is 0. The van der Waals surface area contributed by atoms with Crippen LogP contribution in [0.25, 0.3) is 0 Å². The third-order valence-corrected chi connectivity index (χ3v) is 4.40. The fraction of sp³-hybridized carbons (Fsp3) is 0.400. The first-order chi connectivity index (χ1) is 8.41. The van der Waals surface area contributed by atoms with Crippen molar-refractivity contribution < 1.29 is 8.42 Å². The molecule has 0 amide bonds. The van der Waals surface area contributed by atoms with Gasteiger partial charge in [0, 0.05) is 33.5 Å². The van der Waals surface area contributed by atoms with Gasteiger partial charge in [0.2, 0.25) is 10.0 Å². The van der Waals surface area contributed by atoms with Gasteiger partial charge in [-0.25, -0.2) is 12.7 Å². The van der Waals surface area contributed by atoms with Crippen LogP contribution in [0.3, 0.4) is 0 Å². The molecule has 0 aromatic carbocycles. The molecule has 0 atom stereocenters. The Morgan fingerprint density at radius 2 is 2.06 bits per heavy atom. The molecule has 0 spiro atoms. The molecule has 18 heavy (non-hydrogen) atoms. The Labute approximate surface area is 106 Å². The van der Waals surface area contributed by atoms with E-state index in [1.807, 2.05) is 13.1 Å². The van der Waals surface area contributed by atoms with Gasteiger partial charge in [-0.3, -0.25) is 9.36 Å². The first-order valence-electron chi connectivity index (χ1n) is 5.33. The molecule has 0 aliphatic carbocycles. The van der Waals surface area contributed by atoms with E-state index in [9.17, 15) is 8.42 Å². The van der Waals surface area contributed by atoms with Gasteiger partial charge in [-0.15, -0.1) is 0 Å². The minimum Gasteiger partial charge on any atom is -0.271 e. The monoisotopic (exact) mass is 269 g/mol. The maximum atomic E-state index is 11.9. The first-order valence-corrected chi connectivity index (χ1v) is 6.77. The summed E-state index contributed by atoms with van der Waals surface area (Å²) in [5, 5.41) is 8.10. The SMILES string of the molecule is CN(C)S(=O)(=O)c1cnn(Cc2ccnn2C)c1. The summed E-state index contributed by atoms with van der Waals surface area (Å²) in [6.45, 7) is 0.486. The molecule has 0 N–H and O–H groups in total. The number of aryl methyl sites for hydroxylation is 1. The highest BCUT2D eigenvalue weighted by Gasteiger charge is 2.19. The number of hydrogen-bond acceptors (Lipinski definition) is 4. The number of rotatable bonds is 4. The summed E-state index contributed by atoms with van der Waals surface area (Å²) in [6, 6.07) is 1.86. The van der Waals surface area contributed by atoms with Crippen molar-refractivity contribution in [2.75, 3.05) is 14.1 Å². The summed E-state index contributed by atoms with van der Waals surface area (Å²) in [7, 11) is 1.40. The number of sulfonamides is 1.